The van der Waals surface area contributed by atoms with Gasteiger partial charge in [-0.25, -0.2) is 0 Å². The van der Waals surface area contributed by atoms with Gasteiger partial charge >= 0.3 is 0 Å². The van der Waals surface area contributed by atoms with Crippen LogP contribution in [0.3, 0.4) is 0 Å². The smallest absolute Gasteiger partial charge is 0.236 e. The molecule has 15 heavy (non-hydrogen) atoms. The summed E-state index contributed by atoms with van der Waals surface area (Å²) in [5.74, 6) is 0.237. The number of unbranched alkanes of at least 4 members (excludes halogenated alkanes) is 1. The van der Waals surface area contributed by atoms with Crippen LogP contribution in [0.5, 0.6) is 0 Å². The molecule has 88 valence electrons. The molecular weight excluding hydrogens is 188 g/mol. The van der Waals surface area contributed by atoms with E-state index in [1.807, 2.05) is 11.9 Å². The van der Waals surface area contributed by atoms with Crippen molar-refractivity contribution in [3.8, 4) is 0 Å². The Balaban J connectivity index is 2.09. The second-order valence-corrected chi connectivity index (χ2v) is 4.66. The second kappa shape index (κ2) is 6.11. The molecule has 1 atom stereocenters. The molecule has 1 fully saturated rings. The van der Waals surface area contributed by atoms with Crippen molar-refractivity contribution in [3.63, 3.8) is 0 Å². The Labute approximate surface area is 93.2 Å². The normalized spacial score (nSPS) is 17.5. The van der Waals surface area contributed by atoms with E-state index in [1.54, 1.807) is 0 Å². The number of likely N-dealkylation sites (N-methyl/N-ethyl adjacent to an activating group) is 1. The zero-order valence-electron chi connectivity index (χ0n) is 10.3. The van der Waals surface area contributed by atoms with Crippen molar-refractivity contribution in [2.24, 2.45) is 0 Å². The molecule has 0 radical (unpaired) electrons. The molecule has 3 heteroatoms. The number of carbonyl (C=O) groups is 1. The molecule has 1 rings (SSSR count). The lowest BCUT2D eigenvalue weighted by atomic mass is 10.1. The minimum absolute atomic E-state index is 0.237. The zero-order chi connectivity index (χ0) is 11.3. The third kappa shape index (κ3) is 4.65. The largest absolute Gasteiger partial charge is 0.342 e. The van der Waals surface area contributed by atoms with Crippen molar-refractivity contribution in [2.45, 2.75) is 58.0 Å². The van der Waals surface area contributed by atoms with E-state index in [9.17, 15) is 4.79 Å². The first-order chi connectivity index (χ1) is 7.15. The number of rotatable bonds is 7. The summed E-state index contributed by atoms with van der Waals surface area (Å²) in [7, 11) is 1.92. The third-order valence-electron chi connectivity index (χ3n) is 3.08. The summed E-state index contributed by atoms with van der Waals surface area (Å²) >= 11 is 0. The van der Waals surface area contributed by atoms with Crippen LogP contribution in [0.1, 0.15) is 46.0 Å². The van der Waals surface area contributed by atoms with Gasteiger partial charge in [-0.15, -0.1) is 0 Å². The van der Waals surface area contributed by atoms with Gasteiger partial charge in [0.05, 0.1) is 6.54 Å². The molecule has 0 bridgehead atoms. The van der Waals surface area contributed by atoms with Crippen LogP contribution in [-0.4, -0.2) is 36.5 Å². The molecule has 0 aromatic rings. The first-order valence-electron chi connectivity index (χ1n) is 6.14. The number of hydrogen-bond acceptors (Lipinski definition) is 2. The molecule has 0 aliphatic heterocycles. The maximum atomic E-state index is 11.7. The first kappa shape index (κ1) is 12.5. The Morgan fingerprint density at radius 3 is 2.73 bits per heavy atom. The average molecular weight is 212 g/mol. The van der Waals surface area contributed by atoms with Crippen LogP contribution in [0, 0.1) is 0 Å². The molecule has 0 aromatic carbocycles. The van der Waals surface area contributed by atoms with Gasteiger partial charge < -0.3 is 10.2 Å². The van der Waals surface area contributed by atoms with Crippen molar-refractivity contribution in [1.82, 2.24) is 10.2 Å². The van der Waals surface area contributed by atoms with Gasteiger partial charge in [0.1, 0.15) is 0 Å². The fourth-order valence-electron chi connectivity index (χ4n) is 1.66. The predicted molar refractivity (Wildman–Crippen MR) is 62.8 cm³/mol. The summed E-state index contributed by atoms with van der Waals surface area (Å²) in [5.41, 5.74) is 0. The van der Waals surface area contributed by atoms with E-state index < -0.39 is 0 Å². The number of nitrogens with zero attached hydrogens (tertiary/aromatic N) is 1. The molecule has 0 heterocycles. The average Bonchev–Trinajstić information content (AvgIpc) is 3.05. The summed E-state index contributed by atoms with van der Waals surface area (Å²) in [6.07, 6.45) is 6.00. The van der Waals surface area contributed by atoms with Crippen molar-refractivity contribution in [1.29, 1.82) is 0 Å². The lowest BCUT2D eigenvalue weighted by Crippen LogP contribution is -2.39. The highest BCUT2D eigenvalue weighted by atomic mass is 16.2. The van der Waals surface area contributed by atoms with Crippen LogP contribution >= 0.6 is 0 Å². The summed E-state index contributed by atoms with van der Waals surface area (Å²) in [5, 5.41) is 3.29. The highest BCUT2D eigenvalue weighted by Crippen LogP contribution is 2.25. The Bertz CT molecular complexity index is 202. The third-order valence-corrected chi connectivity index (χ3v) is 3.08. The van der Waals surface area contributed by atoms with Crippen LogP contribution in [0.15, 0.2) is 0 Å². The van der Waals surface area contributed by atoms with E-state index in [1.165, 1.54) is 25.7 Å². The van der Waals surface area contributed by atoms with E-state index in [2.05, 4.69) is 19.2 Å². The predicted octanol–water partition coefficient (Wildman–Crippen LogP) is 1.78. The molecule has 1 unspecified atom stereocenters. The number of nitrogens with one attached hydrogen (secondary N) is 1. The summed E-state index contributed by atoms with van der Waals surface area (Å²) in [6, 6.07) is 0.992. The lowest BCUT2D eigenvalue weighted by Gasteiger charge is -2.19. The maximum absolute atomic E-state index is 11.7. The summed E-state index contributed by atoms with van der Waals surface area (Å²) in [6.45, 7) is 4.84. The molecule has 1 aliphatic rings. The standard InChI is InChI=1S/C12H24N2O/c1-4-5-6-10(2)13-9-12(15)14(3)11-7-8-11/h10-11,13H,4-9H2,1-3H3. The minimum atomic E-state index is 0.237. The van der Waals surface area contributed by atoms with Crippen LogP contribution in [0.4, 0.5) is 0 Å². The van der Waals surface area contributed by atoms with Crippen molar-refractivity contribution >= 4 is 5.91 Å². The van der Waals surface area contributed by atoms with Gasteiger partial charge in [-0.2, -0.15) is 0 Å². The fourth-order valence-corrected chi connectivity index (χ4v) is 1.66. The van der Waals surface area contributed by atoms with E-state index >= 15 is 0 Å². The topological polar surface area (TPSA) is 32.3 Å². The van der Waals surface area contributed by atoms with E-state index in [0.717, 1.165) is 6.42 Å². The van der Waals surface area contributed by atoms with Crippen LogP contribution < -0.4 is 5.32 Å². The molecule has 0 saturated heterocycles. The van der Waals surface area contributed by atoms with Gasteiger partial charge in [-0.1, -0.05) is 19.8 Å². The van der Waals surface area contributed by atoms with Gasteiger partial charge in [0.15, 0.2) is 0 Å². The zero-order valence-corrected chi connectivity index (χ0v) is 10.3. The molecule has 1 saturated carbocycles. The Kier molecular flexibility index (Phi) is 5.09. The van der Waals surface area contributed by atoms with Crippen LogP contribution in [-0.2, 0) is 4.79 Å². The molecule has 1 amide bonds. The van der Waals surface area contributed by atoms with Gasteiger partial charge in [0.2, 0.25) is 5.91 Å². The Hall–Kier alpha value is -0.570. The molecule has 0 aromatic heterocycles. The van der Waals surface area contributed by atoms with Crippen molar-refractivity contribution < 1.29 is 4.79 Å². The molecule has 1 N–H and O–H groups in total. The Morgan fingerprint density at radius 1 is 1.53 bits per heavy atom. The van der Waals surface area contributed by atoms with E-state index in [4.69, 9.17) is 0 Å². The monoisotopic (exact) mass is 212 g/mol. The maximum Gasteiger partial charge on any atom is 0.236 e. The summed E-state index contributed by atoms with van der Waals surface area (Å²) < 4.78 is 0. The molecule has 1 aliphatic carbocycles. The second-order valence-electron chi connectivity index (χ2n) is 4.66. The number of amides is 1. The van der Waals surface area contributed by atoms with Crippen LogP contribution in [0.25, 0.3) is 0 Å². The van der Waals surface area contributed by atoms with Gasteiger partial charge in [0, 0.05) is 19.1 Å². The van der Waals surface area contributed by atoms with Crippen molar-refractivity contribution in [2.75, 3.05) is 13.6 Å². The molecule has 3 nitrogen and oxygen atoms in total. The quantitative estimate of drug-likeness (QED) is 0.697. The van der Waals surface area contributed by atoms with E-state index in [-0.39, 0.29) is 5.91 Å². The number of hydrogen-bond donors (Lipinski definition) is 1. The lowest BCUT2D eigenvalue weighted by molar-refractivity contribution is -0.129. The fraction of sp³-hybridized carbons (Fsp3) is 0.917. The highest BCUT2D eigenvalue weighted by molar-refractivity contribution is 5.78. The highest BCUT2D eigenvalue weighted by Gasteiger charge is 2.29. The van der Waals surface area contributed by atoms with Gasteiger partial charge in [-0.05, 0) is 26.2 Å². The van der Waals surface area contributed by atoms with E-state index in [0.29, 0.717) is 18.6 Å². The SMILES string of the molecule is CCCCC(C)NCC(=O)N(C)C1CC1. The Morgan fingerprint density at radius 2 is 2.20 bits per heavy atom. The minimum Gasteiger partial charge on any atom is -0.342 e. The van der Waals surface area contributed by atoms with Gasteiger partial charge in [-0.3, -0.25) is 4.79 Å². The first-order valence-corrected chi connectivity index (χ1v) is 6.14. The van der Waals surface area contributed by atoms with Crippen LogP contribution in [0.2, 0.25) is 0 Å². The summed E-state index contributed by atoms with van der Waals surface area (Å²) in [4.78, 5) is 13.6. The van der Waals surface area contributed by atoms with Crippen molar-refractivity contribution in [3.05, 3.63) is 0 Å². The van der Waals surface area contributed by atoms with Gasteiger partial charge in [0.25, 0.3) is 0 Å². The molecule has 0 spiro atoms. The molecular formula is C12H24N2O. The number of carbonyl (C=O) groups excluding carboxylic acids is 1.